The molecule has 1 aromatic carbocycles. The number of nitrogens with one attached hydrogen (secondary N) is 2. The van der Waals surface area contributed by atoms with Gasteiger partial charge in [-0.25, -0.2) is 9.79 Å². The van der Waals surface area contributed by atoms with Crippen LogP contribution in [0.1, 0.15) is 22.3 Å². The quantitative estimate of drug-likeness (QED) is 0.603. The fourth-order valence-electron chi connectivity index (χ4n) is 1.85. The van der Waals surface area contributed by atoms with E-state index in [0.29, 0.717) is 12.3 Å². The summed E-state index contributed by atoms with van der Waals surface area (Å²) in [4.78, 5) is 14.9. The molecule has 0 bridgehead atoms. The molecular formula is C13H16N4O. The van der Waals surface area contributed by atoms with Crippen LogP contribution in [0.4, 0.5) is 4.79 Å². The molecule has 0 radical (unpaired) electrons. The number of hydrogen-bond donors (Lipinski definition) is 3. The zero-order valence-corrected chi connectivity index (χ0v) is 10.4. The third kappa shape index (κ3) is 2.68. The van der Waals surface area contributed by atoms with Crippen molar-refractivity contribution in [3.05, 3.63) is 40.6 Å². The number of rotatable bonds is 0. The SMILES string of the molecule is Cc1cc2c(cc1C)CC(NNC(N)=O)=NC=C2. The van der Waals surface area contributed by atoms with Gasteiger partial charge in [0.05, 0.1) is 0 Å². The summed E-state index contributed by atoms with van der Waals surface area (Å²) >= 11 is 0. The van der Waals surface area contributed by atoms with Crippen LogP contribution in [0.15, 0.2) is 23.3 Å². The fraction of sp³-hybridized carbons (Fsp3) is 0.231. The van der Waals surface area contributed by atoms with Crippen molar-refractivity contribution in [3.8, 4) is 0 Å². The molecular weight excluding hydrogens is 228 g/mol. The van der Waals surface area contributed by atoms with E-state index in [-0.39, 0.29) is 0 Å². The van der Waals surface area contributed by atoms with Crippen molar-refractivity contribution in [3.63, 3.8) is 0 Å². The number of amides is 2. The summed E-state index contributed by atoms with van der Waals surface area (Å²) < 4.78 is 0. The number of amidine groups is 1. The van der Waals surface area contributed by atoms with Crippen molar-refractivity contribution in [2.75, 3.05) is 0 Å². The second kappa shape index (κ2) is 4.91. The Labute approximate surface area is 106 Å². The Morgan fingerprint density at radius 1 is 1.33 bits per heavy atom. The van der Waals surface area contributed by atoms with E-state index in [1.165, 1.54) is 16.7 Å². The maximum atomic E-state index is 10.6. The number of hydrogen-bond acceptors (Lipinski definition) is 3. The minimum absolute atomic E-state index is 0.629. The van der Waals surface area contributed by atoms with Crippen LogP contribution >= 0.6 is 0 Å². The smallest absolute Gasteiger partial charge is 0.330 e. The van der Waals surface area contributed by atoms with E-state index in [4.69, 9.17) is 5.73 Å². The second-order valence-electron chi connectivity index (χ2n) is 4.32. The molecule has 1 aliphatic rings. The zero-order valence-electron chi connectivity index (χ0n) is 10.4. The molecule has 1 aliphatic heterocycles. The molecule has 0 saturated carbocycles. The number of aliphatic imine (C=N–C) groups is 1. The monoisotopic (exact) mass is 244 g/mol. The fourth-order valence-corrected chi connectivity index (χ4v) is 1.85. The Morgan fingerprint density at radius 3 is 2.78 bits per heavy atom. The summed E-state index contributed by atoms with van der Waals surface area (Å²) in [5, 5.41) is 0. The maximum absolute atomic E-state index is 10.6. The van der Waals surface area contributed by atoms with Crippen LogP contribution in [0.2, 0.25) is 0 Å². The summed E-state index contributed by atoms with van der Waals surface area (Å²) in [6.07, 6.45) is 4.30. The number of benzene rings is 1. The Morgan fingerprint density at radius 2 is 2.06 bits per heavy atom. The summed E-state index contributed by atoms with van der Waals surface area (Å²) in [5.74, 6) is 0.659. The van der Waals surface area contributed by atoms with Gasteiger partial charge in [0.25, 0.3) is 0 Å². The van der Waals surface area contributed by atoms with E-state index in [2.05, 4.69) is 41.8 Å². The largest absolute Gasteiger partial charge is 0.350 e. The number of nitrogens with two attached hydrogens (primary N) is 1. The number of urea groups is 1. The summed E-state index contributed by atoms with van der Waals surface area (Å²) in [6.45, 7) is 4.17. The second-order valence-corrected chi connectivity index (χ2v) is 4.32. The molecule has 4 N–H and O–H groups in total. The van der Waals surface area contributed by atoms with Gasteiger partial charge in [-0.1, -0.05) is 12.1 Å². The van der Waals surface area contributed by atoms with Gasteiger partial charge in [0.1, 0.15) is 5.84 Å². The number of primary amides is 1. The zero-order chi connectivity index (χ0) is 13.1. The lowest BCUT2D eigenvalue weighted by atomic mass is 9.98. The van der Waals surface area contributed by atoms with Crippen molar-refractivity contribution in [1.82, 2.24) is 10.9 Å². The Balaban J connectivity index is 2.23. The van der Waals surface area contributed by atoms with Crippen LogP contribution in [-0.4, -0.2) is 11.9 Å². The molecule has 94 valence electrons. The molecule has 5 heteroatoms. The standard InChI is InChI=1S/C13H16N4O/c1-8-5-10-3-4-15-12(16-17-13(14)18)7-11(10)6-9(8)2/h3-6H,7H2,1-2H3,(H,15,16)(H3,14,17,18). The van der Waals surface area contributed by atoms with E-state index in [0.717, 1.165) is 5.56 Å². The number of carbonyl (C=O) groups is 1. The lowest BCUT2D eigenvalue weighted by Crippen LogP contribution is -2.45. The molecule has 18 heavy (non-hydrogen) atoms. The van der Waals surface area contributed by atoms with Crippen LogP contribution in [0.5, 0.6) is 0 Å². The van der Waals surface area contributed by atoms with Gasteiger partial charge in [0.2, 0.25) is 0 Å². The van der Waals surface area contributed by atoms with E-state index in [1.807, 2.05) is 6.08 Å². The first-order chi connectivity index (χ1) is 8.56. The van der Waals surface area contributed by atoms with Crippen molar-refractivity contribution < 1.29 is 4.79 Å². The van der Waals surface area contributed by atoms with Gasteiger partial charge in [-0.05, 0) is 42.2 Å². The lowest BCUT2D eigenvalue weighted by Gasteiger charge is -2.11. The van der Waals surface area contributed by atoms with Crippen molar-refractivity contribution >= 4 is 17.9 Å². The van der Waals surface area contributed by atoms with E-state index < -0.39 is 6.03 Å². The number of carbonyl (C=O) groups excluding carboxylic acids is 1. The van der Waals surface area contributed by atoms with Gasteiger partial charge in [0.15, 0.2) is 0 Å². The highest BCUT2D eigenvalue weighted by Crippen LogP contribution is 2.20. The van der Waals surface area contributed by atoms with Crippen molar-refractivity contribution in [2.24, 2.45) is 10.7 Å². The minimum atomic E-state index is -0.633. The highest BCUT2D eigenvalue weighted by Gasteiger charge is 2.09. The van der Waals surface area contributed by atoms with Gasteiger partial charge in [-0.2, -0.15) is 0 Å². The first-order valence-electron chi connectivity index (χ1n) is 5.71. The van der Waals surface area contributed by atoms with Gasteiger partial charge < -0.3 is 5.73 Å². The van der Waals surface area contributed by atoms with Gasteiger partial charge in [-0.15, -0.1) is 0 Å². The molecule has 0 spiro atoms. The molecule has 2 amide bonds. The lowest BCUT2D eigenvalue weighted by molar-refractivity contribution is 0.247. The van der Waals surface area contributed by atoms with E-state index in [9.17, 15) is 4.79 Å². The van der Waals surface area contributed by atoms with Crippen LogP contribution in [0.3, 0.4) is 0 Å². The average molecular weight is 244 g/mol. The Kier molecular flexibility index (Phi) is 3.32. The van der Waals surface area contributed by atoms with Gasteiger partial charge in [-0.3, -0.25) is 10.9 Å². The first-order valence-corrected chi connectivity index (χ1v) is 5.71. The topological polar surface area (TPSA) is 79.5 Å². The Hall–Kier alpha value is -2.30. The molecule has 0 saturated heterocycles. The number of aryl methyl sites for hydroxylation is 2. The highest BCUT2D eigenvalue weighted by atomic mass is 16.2. The molecule has 5 nitrogen and oxygen atoms in total. The molecule has 1 aromatic rings. The van der Waals surface area contributed by atoms with Crippen LogP contribution in [0, 0.1) is 13.8 Å². The average Bonchev–Trinajstić information content (AvgIpc) is 2.49. The highest BCUT2D eigenvalue weighted by molar-refractivity contribution is 5.89. The van der Waals surface area contributed by atoms with Crippen molar-refractivity contribution in [2.45, 2.75) is 20.3 Å². The molecule has 0 unspecified atom stereocenters. The summed E-state index contributed by atoms with van der Waals surface area (Å²) in [7, 11) is 0. The predicted molar refractivity (Wildman–Crippen MR) is 71.9 cm³/mol. The van der Waals surface area contributed by atoms with E-state index in [1.54, 1.807) is 6.20 Å². The molecule has 0 fully saturated rings. The minimum Gasteiger partial charge on any atom is -0.350 e. The Bertz CT molecular complexity index is 546. The van der Waals surface area contributed by atoms with Crippen LogP contribution < -0.4 is 16.6 Å². The third-order valence-electron chi connectivity index (χ3n) is 2.93. The maximum Gasteiger partial charge on any atom is 0.330 e. The molecule has 1 heterocycles. The number of nitrogens with zero attached hydrogens (tertiary/aromatic N) is 1. The number of hydrazine groups is 1. The number of fused-ring (bicyclic) bond motifs is 1. The first kappa shape index (κ1) is 12.2. The summed E-state index contributed by atoms with van der Waals surface area (Å²) in [6, 6.07) is 3.65. The molecule has 0 aromatic heterocycles. The predicted octanol–water partition coefficient (Wildman–Crippen LogP) is 1.40. The molecule has 2 rings (SSSR count). The van der Waals surface area contributed by atoms with Gasteiger partial charge >= 0.3 is 6.03 Å². The third-order valence-corrected chi connectivity index (χ3v) is 2.93. The molecule has 0 aliphatic carbocycles. The van der Waals surface area contributed by atoms with Crippen LogP contribution in [0.25, 0.3) is 6.08 Å². The van der Waals surface area contributed by atoms with E-state index >= 15 is 0 Å². The summed E-state index contributed by atoms with van der Waals surface area (Å²) in [5.41, 5.74) is 14.9. The van der Waals surface area contributed by atoms with Gasteiger partial charge in [0, 0.05) is 12.6 Å². The van der Waals surface area contributed by atoms with Crippen LogP contribution in [-0.2, 0) is 6.42 Å². The molecule has 0 atom stereocenters. The normalized spacial score (nSPS) is 13.3. The van der Waals surface area contributed by atoms with Crippen molar-refractivity contribution in [1.29, 1.82) is 0 Å².